The lowest BCUT2D eigenvalue weighted by molar-refractivity contribution is 0.0950. The first-order chi connectivity index (χ1) is 11.7. The average molecular weight is 401 g/mol. The first kappa shape index (κ1) is 16.4. The molecule has 0 unspecified atom stereocenters. The van der Waals surface area contributed by atoms with Crippen LogP contribution < -0.4 is 5.43 Å². The second-order valence-corrected chi connectivity index (χ2v) is 6.65. The zero-order chi connectivity index (χ0) is 16.8. The van der Waals surface area contributed by atoms with Gasteiger partial charge in [-0.2, -0.15) is 10.2 Å². The number of aromatic amines is 1. The average Bonchev–Trinajstić information content (AvgIpc) is 3.27. The summed E-state index contributed by atoms with van der Waals surface area (Å²) in [5.41, 5.74) is 4.59. The van der Waals surface area contributed by atoms with Gasteiger partial charge < -0.3 is 0 Å². The Morgan fingerprint density at radius 3 is 2.83 bits per heavy atom. The van der Waals surface area contributed by atoms with E-state index >= 15 is 0 Å². The fourth-order valence-electron chi connectivity index (χ4n) is 1.95. The van der Waals surface area contributed by atoms with Gasteiger partial charge in [0.2, 0.25) is 0 Å². The number of halogens is 1. The largest absolute Gasteiger partial charge is 0.291 e. The van der Waals surface area contributed by atoms with Gasteiger partial charge in [0.15, 0.2) is 5.69 Å². The number of amides is 1. The molecule has 3 aromatic rings. The lowest BCUT2D eigenvalue weighted by Gasteiger charge is -1.95. The maximum absolute atomic E-state index is 12.0. The summed E-state index contributed by atoms with van der Waals surface area (Å²) >= 11 is 4.97. The van der Waals surface area contributed by atoms with Crippen LogP contribution in [0.4, 0.5) is 0 Å². The molecule has 2 N–H and O–H groups in total. The van der Waals surface area contributed by atoms with Gasteiger partial charge in [-0.1, -0.05) is 36.4 Å². The Balaban J connectivity index is 1.60. The van der Waals surface area contributed by atoms with Crippen molar-refractivity contribution in [1.29, 1.82) is 0 Å². The van der Waals surface area contributed by atoms with E-state index in [0.29, 0.717) is 5.69 Å². The molecule has 0 spiro atoms. The SMILES string of the molecule is O=C(NN=CC(Br)=Cc1ccccc1)c1cc(-c2cccs2)[nH]n1. The van der Waals surface area contributed by atoms with Crippen molar-refractivity contribution in [3.8, 4) is 10.6 Å². The maximum Gasteiger partial charge on any atom is 0.291 e. The standard InChI is InChI=1S/C17H13BrN4OS/c18-13(9-12-5-2-1-3-6-12)11-19-22-17(23)15-10-14(20-21-15)16-7-4-8-24-16/h1-11H,(H,20,21)(H,22,23). The quantitative estimate of drug-likeness (QED) is 0.495. The normalized spacial score (nSPS) is 11.8. The molecule has 3 rings (SSSR count). The van der Waals surface area contributed by atoms with Crippen LogP contribution in [-0.2, 0) is 0 Å². The summed E-state index contributed by atoms with van der Waals surface area (Å²) in [5, 5.41) is 12.7. The van der Waals surface area contributed by atoms with Crippen molar-refractivity contribution >= 4 is 45.5 Å². The number of nitrogens with zero attached hydrogens (tertiary/aromatic N) is 2. The van der Waals surface area contributed by atoms with Gasteiger partial charge in [-0.3, -0.25) is 9.89 Å². The van der Waals surface area contributed by atoms with E-state index in [-0.39, 0.29) is 5.91 Å². The van der Waals surface area contributed by atoms with Crippen LogP contribution in [0.15, 0.2) is 63.5 Å². The van der Waals surface area contributed by atoms with Gasteiger partial charge in [0, 0.05) is 4.48 Å². The van der Waals surface area contributed by atoms with Crippen LogP contribution in [0.3, 0.4) is 0 Å². The molecular formula is C17H13BrN4OS. The molecule has 7 heteroatoms. The molecule has 0 aliphatic heterocycles. The molecule has 0 atom stereocenters. The number of H-pyrrole nitrogens is 1. The highest BCUT2D eigenvalue weighted by Gasteiger charge is 2.10. The van der Waals surface area contributed by atoms with Crippen molar-refractivity contribution in [2.45, 2.75) is 0 Å². The third-order valence-corrected chi connectivity index (χ3v) is 4.39. The number of allylic oxidation sites excluding steroid dienone is 1. The number of hydrazone groups is 1. The van der Waals surface area contributed by atoms with Crippen molar-refractivity contribution in [2.75, 3.05) is 0 Å². The van der Waals surface area contributed by atoms with E-state index in [4.69, 9.17) is 0 Å². The number of hydrogen-bond donors (Lipinski definition) is 2. The zero-order valence-electron chi connectivity index (χ0n) is 12.4. The smallest absolute Gasteiger partial charge is 0.276 e. The number of benzene rings is 1. The highest BCUT2D eigenvalue weighted by Crippen LogP contribution is 2.22. The Labute approximate surface area is 151 Å². The molecule has 0 radical (unpaired) electrons. The van der Waals surface area contributed by atoms with Crippen LogP contribution >= 0.6 is 27.3 Å². The van der Waals surface area contributed by atoms with E-state index < -0.39 is 0 Å². The molecule has 0 aliphatic carbocycles. The summed E-state index contributed by atoms with van der Waals surface area (Å²) in [6, 6.07) is 15.4. The van der Waals surface area contributed by atoms with Crippen LogP contribution in [0.1, 0.15) is 16.1 Å². The van der Waals surface area contributed by atoms with E-state index in [1.807, 2.05) is 53.9 Å². The summed E-state index contributed by atoms with van der Waals surface area (Å²) in [7, 11) is 0. The summed E-state index contributed by atoms with van der Waals surface area (Å²) in [4.78, 5) is 13.1. The minimum Gasteiger partial charge on any atom is -0.276 e. The number of hydrogen-bond acceptors (Lipinski definition) is 4. The molecule has 0 saturated heterocycles. The molecule has 0 saturated carbocycles. The fraction of sp³-hybridized carbons (Fsp3) is 0. The Morgan fingerprint density at radius 1 is 1.25 bits per heavy atom. The molecule has 0 bridgehead atoms. The van der Waals surface area contributed by atoms with Crippen molar-refractivity contribution in [2.24, 2.45) is 5.10 Å². The van der Waals surface area contributed by atoms with E-state index in [1.54, 1.807) is 17.4 Å². The van der Waals surface area contributed by atoms with E-state index in [1.165, 1.54) is 6.21 Å². The Bertz CT molecular complexity index is 869. The number of rotatable bonds is 5. The number of carbonyl (C=O) groups excluding carboxylic acids is 1. The number of aromatic nitrogens is 2. The van der Waals surface area contributed by atoms with Crippen LogP contribution in [0.2, 0.25) is 0 Å². The number of carbonyl (C=O) groups is 1. The second kappa shape index (κ2) is 7.85. The lowest BCUT2D eigenvalue weighted by atomic mass is 10.2. The van der Waals surface area contributed by atoms with Gasteiger partial charge in [0.1, 0.15) is 0 Å². The molecule has 2 aromatic heterocycles. The summed E-state index contributed by atoms with van der Waals surface area (Å²) < 4.78 is 0.746. The van der Waals surface area contributed by atoms with Crippen LogP contribution in [-0.4, -0.2) is 22.3 Å². The molecular weight excluding hydrogens is 388 g/mol. The van der Waals surface area contributed by atoms with Gasteiger partial charge in [-0.05, 0) is 45.1 Å². The van der Waals surface area contributed by atoms with Gasteiger partial charge in [-0.15, -0.1) is 11.3 Å². The van der Waals surface area contributed by atoms with E-state index in [0.717, 1.165) is 20.6 Å². The van der Waals surface area contributed by atoms with Crippen LogP contribution in [0.25, 0.3) is 16.6 Å². The molecule has 0 aliphatic rings. The first-order valence-corrected chi connectivity index (χ1v) is 8.74. The predicted octanol–water partition coefficient (Wildman–Crippen LogP) is 4.29. The predicted molar refractivity (Wildman–Crippen MR) is 101 cm³/mol. The molecule has 1 aromatic carbocycles. The number of nitrogens with one attached hydrogen (secondary N) is 2. The van der Waals surface area contributed by atoms with Gasteiger partial charge in [-0.25, -0.2) is 5.43 Å². The van der Waals surface area contributed by atoms with Crippen molar-refractivity contribution in [3.63, 3.8) is 0 Å². The zero-order valence-corrected chi connectivity index (χ0v) is 14.8. The molecule has 0 fully saturated rings. The molecule has 24 heavy (non-hydrogen) atoms. The molecule has 1 amide bonds. The third-order valence-electron chi connectivity index (χ3n) is 3.06. The first-order valence-electron chi connectivity index (χ1n) is 7.07. The Kier molecular flexibility index (Phi) is 5.35. The summed E-state index contributed by atoms with van der Waals surface area (Å²) in [6.45, 7) is 0. The monoisotopic (exact) mass is 400 g/mol. The molecule has 120 valence electrons. The van der Waals surface area contributed by atoms with Crippen LogP contribution in [0, 0.1) is 0 Å². The van der Waals surface area contributed by atoms with E-state index in [9.17, 15) is 4.79 Å². The third kappa shape index (κ3) is 4.27. The highest BCUT2D eigenvalue weighted by atomic mass is 79.9. The summed E-state index contributed by atoms with van der Waals surface area (Å²) in [6.07, 6.45) is 3.43. The van der Waals surface area contributed by atoms with Gasteiger partial charge in [0.05, 0.1) is 16.8 Å². The maximum atomic E-state index is 12.0. The molecule has 5 nitrogen and oxygen atoms in total. The van der Waals surface area contributed by atoms with E-state index in [2.05, 4.69) is 36.7 Å². The van der Waals surface area contributed by atoms with Gasteiger partial charge in [0.25, 0.3) is 5.91 Å². The highest BCUT2D eigenvalue weighted by molar-refractivity contribution is 9.12. The summed E-state index contributed by atoms with van der Waals surface area (Å²) in [5.74, 6) is -0.370. The fourth-order valence-corrected chi connectivity index (χ4v) is 3.01. The second-order valence-electron chi connectivity index (χ2n) is 4.78. The minimum absolute atomic E-state index is 0.290. The minimum atomic E-state index is -0.370. The van der Waals surface area contributed by atoms with Crippen molar-refractivity contribution in [3.05, 3.63) is 69.7 Å². The Morgan fingerprint density at radius 2 is 2.08 bits per heavy atom. The Hall–Kier alpha value is -2.51. The number of thiophene rings is 1. The lowest BCUT2D eigenvalue weighted by Crippen LogP contribution is -2.17. The van der Waals surface area contributed by atoms with Crippen molar-refractivity contribution < 1.29 is 4.79 Å². The van der Waals surface area contributed by atoms with Crippen molar-refractivity contribution in [1.82, 2.24) is 15.6 Å². The van der Waals surface area contributed by atoms with Crippen LogP contribution in [0.5, 0.6) is 0 Å². The molecule has 2 heterocycles. The van der Waals surface area contributed by atoms with Gasteiger partial charge >= 0.3 is 0 Å². The topological polar surface area (TPSA) is 70.1 Å².